The molecule has 7 heteroatoms. The van der Waals surface area contributed by atoms with Crippen LogP contribution in [0.25, 0.3) is 0 Å². The van der Waals surface area contributed by atoms with E-state index in [0.717, 1.165) is 37.7 Å². The lowest BCUT2D eigenvalue weighted by atomic mass is 9.87. The molecule has 3 aliphatic rings. The van der Waals surface area contributed by atoms with Crippen molar-refractivity contribution in [2.75, 3.05) is 46.4 Å². The maximum absolute atomic E-state index is 12.5. The first-order valence-electron chi connectivity index (χ1n) is 11.1. The number of likely N-dealkylation sites (N-methyl/N-ethyl adjacent to an activating group) is 1. The summed E-state index contributed by atoms with van der Waals surface area (Å²) in [6, 6.07) is 0. The van der Waals surface area contributed by atoms with Gasteiger partial charge in [-0.2, -0.15) is 4.98 Å². The second kappa shape index (κ2) is 9.35. The fourth-order valence-corrected chi connectivity index (χ4v) is 4.78. The van der Waals surface area contributed by atoms with Crippen molar-refractivity contribution < 1.29 is 14.1 Å². The summed E-state index contributed by atoms with van der Waals surface area (Å²) in [6.45, 7) is 5.33. The summed E-state index contributed by atoms with van der Waals surface area (Å²) in [7, 11) is 1.87. The first-order valence-corrected chi connectivity index (χ1v) is 11.1. The van der Waals surface area contributed by atoms with Gasteiger partial charge in [0.15, 0.2) is 5.82 Å². The summed E-state index contributed by atoms with van der Waals surface area (Å²) in [4.78, 5) is 21.4. The first kappa shape index (κ1) is 19.8. The van der Waals surface area contributed by atoms with Gasteiger partial charge in [-0.1, -0.05) is 24.4 Å². The molecule has 2 aliphatic heterocycles. The molecule has 3 heterocycles. The molecule has 0 bridgehead atoms. The van der Waals surface area contributed by atoms with E-state index in [1.165, 1.54) is 38.6 Å². The third-order valence-electron chi connectivity index (χ3n) is 6.65. The van der Waals surface area contributed by atoms with Gasteiger partial charge in [-0.25, -0.2) is 0 Å². The Morgan fingerprint density at radius 1 is 1.14 bits per heavy atom. The number of aromatic nitrogens is 2. The van der Waals surface area contributed by atoms with E-state index in [2.05, 4.69) is 15.0 Å². The Hall–Kier alpha value is -1.47. The largest absolute Gasteiger partial charge is 0.381 e. The van der Waals surface area contributed by atoms with Crippen LogP contribution in [0.5, 0.6) is 0 Å². The van der Waals surface area contributed by atoms with Crippen LogP contribution in [0, 0.1) is 11.8 Å². The molecule has 1 saturated carbocycles. The van der Waals surface area contributed by atoms with E-state index in [0.29, 0.717) is 37.9 Å². The lowest BCUT2D eigenvalue weighted by Crippen LogP contribution is -2.47. The van der Waals surface area contributed by atoms with Gasteiger partial charge in [0.2, 0.25) is 11.8 Å². The van der Waals surface area contributed by atoms with E-state index in [4.69, 9.17) is 9.26 Å². The van der Waals surface area contributed by atoms with E-state index < -0.39 is 0 Å². The molecule has 28 heavy (non-hydrogen) atoms. The summed E-state index contributed by atoms with van der Waals surface area (Å²) in [5, 5.41) is 4.14. The monoisotopic (exact) mass is 390 g/mol. The lowest BCUT2D eigenvalue weighted by molar-refractivity contribution is -0.137. The molecule has 1 aromatic rings. The molecular formula is C21H34N4O3. The van der Waals surface area contributed by atoms with Gasteiger partial charge in [-0.05, 0) is 31.6 Å². The van der Waals surface area contributed by atoms with Gasteiger partial charge in [0.05, 0.1) is 5.92 Å². The molecule has 1 amide bonds. The van der Waals surface area contributed by atoms with Crippen LogP contribution in [0.15, 0.2) is 4.52 Å². The summed E-state index contributed by atoms with van der Waals surface area (Å²) in [5.74, 6) is 3.07. The highest BCUT2D eigenvalue weighted by molar-refractivity contribution is 5.78. The topological polar surface area (TPSA) is 71.7 Å². The van der Waals surface area contributed by atoms with Gasteiger partial charge in [-0.15, -0.1) is 0 Å². The summed E-state index contributed by atoms with van der Waals surface area (Å²) in [6.07, 6.45) is 9.31. The minimum atomic E-state index is 0.102. The quantitative estimate of drug-likeness (QED) is 0.712. The van der Waals surface area contributed by atoms with Crippen LogP contribution in [-0.2, 0) is 16.0 Å². The van der Waals surface area contributed by atoms with Crippen LogP contribution in [0.1, 0.15) is 62.6 Å². The molecule has 0 radical (unpaired) electrons. The zero-order chi connectivity index (χ0) is 19.3. The first-order chi connectivity index (χ1) is 13.7. The smallest absolute Gasteiger partial charge is 0.232 e. The van der Waals surface area contributed by atoms with Gasteiger partial charge in [0.1, 0.15) is 0 Å². The van der Waals surface area contributed by atoms with Crippen molar-refractivity contribution in [2.24, 2.45) is 11.8 Å². The van der Waals surface area contributed by atoms with Crippen molar-refractivity contribution in [3.63, 3.8) is 0 Å². The molecule has 4 rings (SSSR count). The minimum absolute atomic E-state index is 0.102. The summed E-state index contributed by atoms with van der Waals surface area (Å²) in [5.41, 5.74) is 0. The van der Waals surface area contributed by atoms with Crippen LogP contribution >= 0.6 is 0 Å². The summed E-state index contributed by atoms with van der Waals surface area (Å²) >= 11 is 0. The maximum Gasteiger partial charge on any atom is 0.232 e. The number of carbonyl (C=O) groups is 1. The third kappa shape index (κ3) is 4.92. The van der Waals surface area contributed by atoms with Crippen molar-refractivity contribution in [3.8, 4) is 0 Å². The average Bonchev–Trinajstić information content (AvgIpc) is 3.18. The molecule has 1 aromatic heterocycles. The Morgan fingerprint density at radius 2 is 1.89 bits per heavy atom. The fourth-order valence-electron chi connectivity index (χ4n) is 4.78. The molecule has 0 aromatic carbocycles. The van der Waals surface area contributed by atoms with Gasteiger partial charge >= 0.3 is 0 Å². The predicted molar refractivity (Wildman–Crippen MR) is 105 cm³/mol. The van der Waals surface area contributed by atoms with Crippen LogP contribution in [0.2, 0.25) is 0 Å². The highest BCUT2D eigenvalue weighted by Gasteiger charge is 2.34. The molecule has 1 aliphatic carbocycles. The molecule has 0 N–H and O–H groups in total. The van der Waals surface area contributed by atoms with Gasteiger partial charge in [-0.3, -0.25) is 4.79 Å². The molecule has 156 valence electrons. The number of likely N-dealkylation sites (tertiary alicyclic amines) is 1. The van der Waals surface area contributed by atoms with Crippen molar-refractivity contribution in [2.45, 2.75) is 57.3 Å². The van der Waals surface area contributed by atoms with Crippen LogP contribution in [0.4, 0.5) is 0 Å². The Kier molecular flexibility index (Phi) is 6.62. The predicted octanol–water partition coefficient (Wildman–Crippen LogP) is 2.48. The molecule has 0 spiro atoms. The van der Waals surface area contributed by atoms with Crippen molar-refractivity contribution in [3.05, 3.63) is 11.7 Å². The Labute approximate surface area is 167 Å². The highest BCUT2D eigenvalue weighted by Crippen LogP contribution is 2.30. The Morgan fingerprint density at radius 3 is 2.64 bits per heavy atom. The van der Waals surface area contributed by atoms with E-state index in [1.54, 1.807) is 4.90 Å². The van der Waals surface area contributed by atoms with Crippen molar-refractivity contribution >= 4 is 5.91 Å². The van der Waals surface area contributed by atoms with E-state index >= 15 is 0 Å². The number of ether oxygens (including phenoxy) is 1. The van der Waals surface area contributed by atoms with E-state index in [1.807, 2.05) is 7.05 Å². The van der Waals surface area contributed by atoms with Gasteiger partial charge in [0, 0.05) is 58.8 Å². The van der Waals surface area contributed by atoms with Crippen LogP contribution in [-0.4, -0.2) is 72.3 Å². The standard InChI is InChI=1S/C21H34N4O3/c1-24(21(26)17-8-11-27-12-9-17)10-7-19-22-20(28-23-19)18-14-25(15-18)13-16-5-3-2-4-6-16/h16-18H,2-15H2,1H3. The summed E-state index contributed by atoms with van der Waals surface area (Å²) < 4.78 is 10.9. The van der Waals surface area contributed by atoms with E-state index in [-0.39, 0.29) is 11.8 Å². The van der Waals surface area contributed by atoms with Crippen LogP contribution in [0.3, 0.4) is 0 Å². The second-order valence-electron chi connectivity index (χ2n) is 8.86. The number of hydrogen-bond donors (Lipinski definition) is 0. The second-order valence-corrected chi connectivity index (χ2v) is 8.86. The average molecular weight is 391 g/mol. The Bertz CT molecular complexity index is 631. The van der Waals surface area contributed by atoms with Gasteiger partial charge in [0.25, 0.3) is 0 Å². The molecule has 0 unspecified atom stereocenters. The zero-order valence-electron chi connectivity index (χ0n) is 17.1. The highest BCUT2D eigenvalue weighted by atomic mass is 16.5. The molecule has 2 saturated heterocycles. The molecule has 3 fully saturated rings. The SMILES string of the molecule is CN(CCc1noc(C2CN(CC3CCCCC3)C2)n1)C(=O)C1CCOCC1. The Balaban J connectivity index is 1.18. The number of nitrogens with zero attached hydrogens (tertiary/aromatic N) is 4. The number of amides is 1. The molecule has 0 atom stereocenters. The lowest BCUT2D eigenvalue weighted by Gasteiger charge is -2.40. The molecular weight excluding hydrogens is 356 g/mol. The number of carbonyl (C=O) groups excluding carboxylic acids is 1. The third-order valence-corrected chi connectivity index (χ3v) is 6.65. The van der Waals surface area contributed by atoms with Crippen LogP contribution < -0.4 is 0 Å². The number of rotatable bonds is 7. The minimum Gasteiger partial charge on any atom is -0.381 e. The number of hydrogen-bond acceptors (Lipinski definition) is 6. The van der Waals surface area contributed by atoms with Gasteiger partial charge < -0.3 is 19.1 Å². The van der Waals surface area contributed by atoms with Crippen molar-refractivity contribution in [1.29, 1.82) is 0 Å². The zero-order valence-corrected chi connectivity index (χ0v) is 17.1. The van der Waals surface area contributed by atoms with E-state index in [9.17, 15) is 4.79 Å². The van der Waals surface area contributed by atoms with Crippen molar-refractivity contribution in [1.82, 2.24) is 19.9 Å². The molecule has 7 nitrogen and oxygen atoms in total. The normalized spacial score (nSPS) is 22.9. The fraction of sp³-hybridized carbons (Fsp3) is 0.857. The maximum atomic E-state index is 12.5.